The molecule has 0 saturated carbocycles. The van der Waals surface area contributed by atoms with Gasteiger partial charge in [-0.1, -0.05) is 18.2 Å². The number of aromatic amines is 1. The topological polar surface area (TPSA) is 71.9 Å². The highest BCUT2D eigenvalue weighted by atomic mass is 16.6. The number of carbonyl (C=O) groups is 1. The van der Waals surface area contributed by atoms with Crippen molar-refractivity contribution in [3.63, 3.8) is 0 Å². The van der Waals surface area contributed by atoms with Crippen LogP contribution in [-0.2, 0) is 11.3 Å². The van der Waals surface area contributed by atoms with E-state index in [2.05, 4.69) is 62.6 Å². The third-order valence-corrected chi connectivity index (χ3v) is 4.72. The number of ether oxygens (including phenoxy) is 1. The van der Waals surface area contributed by atoms with Crippen LogP contribution in [0.2, 0.25) is 0 Å². The molecule has 3 heterocycles. The summed E-state index contributed by atoms with van der Waals surface area (Å²) in [6.07, 6.45) is 6.51. The summed E-state index contributed by atoms with van der Waals surface area (Å²) < 4.78 is 7.40. The maximum absolute atomic E-state index is 11.7. The van der Waals surface area contributed by atoms with Crippen LogP contribution in [0.3, 0.4) is 0 Å². The SMILES string of the molecule is CC(C)(C)OC(=O)NCCCn1ccc(-c2ccnc3[nH]c4ccccc4c23)c1. The van der Waals surface area contributed by atoms with Crippen LogP contribution in [0.5, 0.6) is 0 Å². The third kappa shape index (κ3) is 4.26. The lowest BCUT2D eigenvalue weighted by molar-refractivity contribution is 0.0526. The Balaban J connectivity index is 1.45. The first-order chi connectivity index (χ1) is 13.9. The molecule has 0 unspecified atom stereocenters. The Morgan fingerprint density at radius 3 is 2.86 bits per heavy atom. The van der Waals surface area contributed by atoms with Gasteiger partial charge in [0.2, 0.25) is 0 Å². The van der Waals surface area contributed by atoms with Gasteiger partial charge in [-0.3, -0.25) is 0 Å². The first kappa shape index (κ1) is 19.1. The maximum atomic E-state index is 11.7. The van der Waals surface area contributed by atoms with Crippen molar-refractivity contribution in [2.45, 2.75) is 39.3 Å². The molecule has 0 aliphatic rings. The molecule has 3 aromatic heterocycles. The summed E-state index contributed by atoms with van der Waals surface area (Å²) in [4.78, 5) is 19.6. The highest BCUT2D eigenvalue weighted by Gasteiger charge is 2.15. The number of nitrogens with one attached hydrogen (secondary N) is 2. The van der Waals surface area contributed by atoms with Gasteiger partial charge in [-0.15, -0.1) is 0 Å². The van der Waals surface area contributed by atoms with Crippen LogP contribution < -0.4 is 5.32 Å². The van der Waals surface area contributed by atoms with Gasteiger partial charge in [-0.25, -0.2) is 9.78 Å². The Morgan fingerprint density at radius 2 is 2.03 bits per heavy atom. The maximum Gasteiger partial charge on any atom is 0.407 e. The predicted octanol–water partition coefficient (Wildman–Crippen LogP) is 5.10. The summed E-state index contributed by atoms with van der Waals surface area (Å²) in [6, 6.07) is 12.5. The third-order valence-electron chi connectivity index (χ3n) is 4.72. The van der Waals surface area contributed by atoms with Gasteiger partial charge in [0.1, 0.15) is 11.2 Å². The van der Waals surface area contributed by atoms with Crippen molar-refractivity contribution >= 4 is 28.0 Å². The smallest absolute Gasteiger partial charge is 0.407 e. The highest BCUT2D eigenvalue weighted by molar-refractivity contribution is 6.12. The molecule has 0 bridgehead atoms. The minimum absolute atomic E-state index is 0.371. The Morgan fingerprint density at radius 1 is 1.21 bits per heavy atom. The van der Waals surface area contributed by atoms with Crippen molar-refractivity contribution in [3.05, 3.63) is 55.0 Å². The molecule has 150 valence electrons. The van der Waals surface area contributed by atoms with E-state index in [1.165, 1.54) is 5.39 Å². The Bertz CT molecular complexity index is 1150. The van der Waals surface area contributed by atoms with Crippen molar-refractivity contribution < 1.29 is 9.53 Å². The number of fused-ring (bicyclic) bond motifs is 3. The molecule has 6 nitrogen and oxygen atoms in total. The average molecular weight is 390 g/mol. The Labute approximate surface area is 169 Å². The number of alkyl carbamates (subject to hydrolysis) is 1. The van der Waals surface area contributed by atoms with E-state index < -0.39 is 5.60 Å². The van der Waals surface area contributed by atoms with Gasteiger partial charge in [0.15, 0.2) is 0 Å². The van der Waals surface area contributed by atoms with Gasteiger partial charge in [-0.05, 0) is 51.0 Å². The molecule has 0 radical (unpaired) electrons. The van der Waals surface area contributed by atoms with E-state index in [-0.39, 0.29) is 6.09 Å². The van der Waals surface area contributed by atoms with Gasteiger partial charge < -0.3 is 19.6 Å². The van der Waals surface area contributed by atoms with Crippen LogP contribution in [0.1, 0.15) is 27.2 Å². The van der Waals surface area contributed by atoms with Crippen molar-refractivity contribution in [1.29, 1.82) is 0 Å². The number of rotatable bonds is 5. The lowest BCUT2D eigenvalue weighted by atomic mass is 10.0. The quantitative estimate of drug-likeness (QED) is 0.466. The minimum Gasteiger partial charge on any atom is -0.444 e. The number of hydrogen-bond donors (Lipinski definition) is 2. The number of amides is 1. The first-order valence-corrected chi connectivity index (χ1v) is 9.89. The van der Waals surface area contributed by atoms with Crippen LogP contribution in [-0.4, -0.2) is 32.8 Å². The molecule has 29 heavy (non-hydrogen) atoms. The van der Waals surface area contributed by atoms with Gasteiger partial charge >= 0.3 is 6.09 Å². The lowest BCUT2D eigenvalue weighted by Gasteiger charge is -2.19. The van der Waals surface area contributed by atoms with Gasteiger partial charge in [-0.2, -0.15) is 0 Å². The minimum atomic E-state index is -0.475. The molecule has 1 amide bonds. The van der Waals surface area contributed by atoms with Crippen LogP contribution >= 0.6 is 0 Å². The number of aromatic nitrogens is 3. The summed E-state index contributed by atoms with van der Waals surface area (Å²) in [5, 5.41) is 5.13. The number of carbonyl (C=O) groups excluding carboxylic acids is 1. The van der Waals surface area contributed by atoms with Gasteiger partial charge in [0.25, 0.3) is 0 Å². The molecule has 1 aromatic carbocycles. The van der Waals surface area contributed by atoms with Crippen molar-refractivity contribution in [3.8, 4) is 11.1 Å². The zero-order valence-electron chi connectivity index (χ0n) is 17.0. The molecule has 4 aromatic rings. The molecule has 4 rings (SSSR count). The summed E-state index contributed by atoms with van der Waals surface area (Å²) >= 11 is 0. The number of nitrogens with zero attached hydrogens (tertiary/aromatic N) is 2. The molecule has 0 fully saturated rings. The molecule has 6 heteroatoms. The first-order valence-electron chi connectivity index (χ1n) is 9.89. The largest absolute Gasteiger partial charge is 0.444 e. The molecular formula is C23H26N4O2. The van der Waals surface area contributed by atoms with E-state index >= 15 is 0 Å². The number of pyridine rings is 1. The predicted molar refractivity (Wildman–Crippen MR) is 116 cm³/mol. The number of hydrogen-bond acceptors (Lipinski definition) is 3. The summed E-state index contributed by atoms with van der Waals surface area (Å²) in [5.41, 5.74) is 3.84. The molecule has 0 aliphatic heterocycles. The fourth-order valence-corrected chi connectivity index (χ4v) is 3.51. The van der Waals surface area contributed by atoms with Gasteiger partial charge in [0.05, 0.1) is 0 Å². The summed E-state index contributed by atoms with van der Waals surface area (Å²) in [7, 11) is 0. The van der Waals surface area contributed by atoms with Crippen LogP contribution in [0.25, 0.3) is 33.1 Å². The molecule has 0 spiro atoms. The second-order valence-electron chi connectivity index (χ2n) is 8.17. The normalized spacial score (nSPS) is 11.8. The summed E-state index contributed by atoms with van der Waals surface area (Å²) in [6.45, 7) is 6.97. The summed E-state index contributed by atoms with van der Waals surface area (Å²) in [5.74, 6) is 0. The fourth-order valence-electron chi connectivity index (χ4n) is 3.51. The van der Waals surface area contributed by atoms with E-state index in [4.69, 9.17) is 4.74 Å². The van der Waals surface area contributed by atoms with E-state index in [0.29, 0.717) is 6.54 Å². The van der Waals surface area contributed by atoms with E-state index in [1.54, 1.807) is 0 Å². The van der Waals surface area contributed by atoms with Crippen LogP contribution in [0, 0.1) is 0 Å². The molecule has 0 aliphatic carbocycles. The van der Waals surface area contributed by atoms with E-state index in [9.17, 15) is 4.79 Å². The van der Waals surface area contributed by atoms with Crippen molar-refractivity contribution in [2.24, 2.45) is 0 Å². The Hall–Kier alpha value is -3.28. The second kappa shape index (κ2) is 7.62. The zero-order valence-corrected chi connectivity index (χ0v) is 17.0. The van der Waals surface area contributed by atoms with Crippen molar-refractivity contribution in [1.82, 2.24) is 19.9 Å². The van der Waals surface area contributed by atoms with E-state index in [0.717, 1.165) is 40.6 Å². The molecule has 2 N–H and O–H groups in total. The number of para-hydroxylation sites is 1. The van der Waals surface area contributed by atoms with Crippen molar-refractivity contribution in [2.75, 3.05) is 6.54 Å². The number of H-pyrrole nitrogens is 1. The molecule has 0 saturated heterocycles. The Kier molecular flexibility index (Phi) is 5.01. The monoisotopic (exact) mass is 390 g/mol. The van der Waals surface area contributed by atoms with Gasteiger partial charge in [0, 0.05) is 53.5 Å². The highest BCUT2D eigenvalue weighted by Crippen LogP contribution is 2.33. The lowest BCUT2D eigenvalue weighted by Crippen LogP contribution is -2.33. The standard InChI is InChI=1S/C23H26N4O2/c1-23(2,3)29-22(28)25-11-6-13-27-14-10-16(15-27)17-9-12-24-21-20(17)18-7-4-5-8-19(18)26-21/h4-5,7-10,12,14-15H,6,11,13H2,1-3H3,(H,24,26)(H,25,28). The average Bonchev–Trinajstić information content (AvgIpc) is 3.28. The molecular weight excluding hydrogens is 364 g/mol. The van der Waals surface area contributed by atoms with Crippen LogP contribution in [0.4, 0.5) is 4.79 Å². The molecule has 0 atom stereocenters. The number of aryl methyl sites for hydroxylation is 1. The number of benzene rings is 1. The van der Waals surface area contributed by atoms with E-state index in [1.807, 2.05) is 33.0 Å². The van der Waals surface area contributed by atoms with Crippen LogP contribution in [0.15, 0.2) is 55.0 Å². The second-order valence-corrected chi connectivity index (χ2v) is 8.17. The fraction of sp³-hybridized carbons (Fsp3) is 0.304. The zero-order chi connectivity index (χ0) is 20.4.